The van der Waals surface area contributed by atoms with Gasteiger partial charge in [0.05, 0.1) is 42.5 Å². The van der Waals surface area contributed by atoms with Crippen LogP contribution in [0.1, 0.15) is 0 Å². The highest BCUT2D eigenvalue weighted by molar-refractivity contribution is 8.16. The molecule has 0 unspecified atom stereocenters. The number of thioether (sulfide) groups is 1. The number of sulfone groups is 1. The van der Waals surface area contributed by atoms with E-state index in [1.54, 1.807) is 29.2 Å². The fourth-order valence-electron chi connectivity index (χ4n) is 3.68. The van der Waals surface area contributed by atoms with Crippen LogP contribution in [-0.4, -0.2) is 63.1 Å². The maximum Gasteiger partial charge on any atom is 0.285 e. The Morgan fingerprint density at radius 1 is 1.16 bits per heavy atom. The average Bonchev–Trinajstić information content (AvgIpc) is 3.23. The van der Waals surface area contributed by atoms with Crippen LogP contribution in [0.25, 0.3) is 0 Å². The molecule has 0 bridgehead atoms. The van der Waals surface area contributed by atoms with Crippen molar-refractivity contribution in [3.05, 3.63) is 47.5 Å². The Kier molecular flexibility index (Phi) is 6.55. The minimum atomic E-state index is -3.21. The molecule has 1 amide bonds. The quantitative estimate of drug-likeness (QED) is 0.602. The van der Waals surface area contributed by atoms with E-state index in [9.17, 15) is 13.2 Å². The van der Waals surface area contributed by atoms with E-state index in [0.717, 1.165) is 0 Å². The Labute approximate surface area is 195 Å². The second-order valence-corrected chi connectivity index (χ2v) is 11.0. The van der Waals surface area contributed by atoms with Gasteiger partial charge in [-0.3, -0.25) is 4.79 Å². The van der Waals surface area contributed by atoms with E-state index in [2.05, 4.69) is 4.99 Å². The molecule has 8 nitrogen and oxygen atoms in total. The van der Waals surface area contributed by atoms with Crippen molar-refractivity contribution in [2.75, 3.05) is 37.2 Å². The van der Waals surface area contributed by atoms with Gasteiger partial charge in [0, 0.05) is 11.3 Å². The molecule has 2 aromatic carbocycles. The first-order chi connectivity index (χ1) is 15.3. The van der Waals surface area contributed by atoms with E-state index in [1.165, 1.54) is 26.0 Å². The fourth-order valence-corrected chi connectivity index (χ4v) is 7.84. The molecule has 2 saturated heterocycles. The van der Waals surface area contributed by atoms with Gasteiger partial charge in [0.2, 0.25) is 0 Å². The molecule has 2 heterocycles. The maximum atomic E-state index is 12.6. The van der Waals surface area contributed by atoms with Crippen molar-refractivity contribution in [2.24, 2.45) is 4.99 Å². The number of methoxy groups -OCH3 is 2. The van der Waals surface area contributed by atoms with Crippen LogP contribution in [0.4, 0.5) is 5.69 Å². The van der Waals surface area contributed by atoms with Gasteiger partial charge in [0.15, 0.2) is 21.6 Å². The van der Waals surface area contributed by atoms with E-state index < -0.39 is 21.8 Å². The molecule has 2 fully saturated rings. The summed E-state index contributed by atoms with van der Waals surface area (Å²) >= 11 is 7.61. The SMILES string of the molecule is COc1cc(OC)c(N2C(=NC(=O)COc3ccccc3)S[C@H]3CS(=O)(=O)C[C@@H]32)cc1Cl. The summed E-state index contributed by atoms with van der Waals surface area (Å²) in [6, 6.07) is 11.8. The lowest BCUT2D eigenvalue weighted by atomic mass is 10.2. The lowest BCUT2D eigenvalue weighted by Crippen LogP contribution is -2.38. The molecule has 0 aliphatic carbocycles. The number of carbonyl (C=O) groups is 1. The summed E-state index contributed by atoms with van der Waals surface area (Å²) in [6.07, 6.45) is 0. The Morgan fingerprint density at radius 3 is 2.56 bits per heavy atom. The van der Waals surface area contributed by atoms with E-state index in [-0.39, 0.29) is 23.4 Å². The van der Waals surface area contributed by atoms with Gasteiger partial charge < -0.3 is 19.1 Å². The second kappa shape index (κ2) is 9.21. The summed E-state index contributed by atoms with van der Waals surface area (Å²) < 4.78 is 40.8. The van der Waals surface area contributed by atoms with Crippen LogP contribution in [0, 0.1) is 0 Å². The molecule has 0 spiro atoms. The summed E-state index contributed by atoms with van der Waals surface area (Å²) in [4.78, 5) is 18.5. The minimum absolute atomic E-state index is 0.0127. The van der Waals surface area contributed by atoms with E-state index >= 15 is 0 Å². The van der Waals surface area contributed by atoms with Gasteiger partial charge in [-0.15, -0.1) is 0 Å². The minimum Gasteiger partial charge on any atom is -0.495 e. The monoisotopic (exact) mass is 496 g/mol. The topological polar surface area (TPSA) is 94.5 Å². The summed E-state index contributed by atoms with van der Waals surface area (Å²) in [5.74, 6) is 0.883. The Bertz CT molecular complexity index is 1160. The standard InChI is InChI=1S/C21H21ClN2O6S2/c1-28-17-9-18(29-2)15(8-14(17)22)24-16-11-32(26,27)12-19(16)31-21(24)23-20(25)10-30-13-6-4-3-5-7-13/h3-9,16,19H,10-12H2,1-2H3/t16-,19-/m0/s1. The van der Waals surface area contributed by atoms with Crippen molar-refractivity contribution in [3.63, 3.8) is 0 Å². The summed E-state index contributed by atoms with van der Waals surface area (Å²) in [6.45, 7) is -0.240. The highest BCUT2D eigenvalue weighted by Gasteiger charge is 2.50. The zero-order valence-corrected chi connectivity index (χ0v) is 19.7. The number of amides is 1. The molecule has 0 aromatic heterocycles. The molecular formula is C21H21ClN2O6S2. The zero-order valence-electron chi connectivity index (χ0n) is 17.4. The molecular weight excluding hydrogens is 476 g/mol. The Morgan fingerprint density at radius 2 is 1.88 bits per heavy atom. The number of hydrogen-bond acceptors (Lipinski definition) is 7. The van der Waals surface area contributed by atoms with Crippen LogP contribution in [0.3, 0.4) is 0 Å². The number of hydrogen-bond donors (Lipinski definition) is 0. The molecule has 2 aromatic rings. The molecule has 170 valence electrons. The number of halogens is 1. The van der Waals surface area contributed by atoms with Crippen LogP contribution in [-0.2, 0) is 14.6 Å². The van der Waals surface area contributed by atoms with Gasteiger partial charge in [-0.05, 0) is 18.2 Å². The molecule has 0 N–H and O–H groups in total. The van der Waals surface area contributed by atoms with Crippen molar-refractivity contribution in [2.45, 2.75) is 11.3 Å². The predicted octanol–water partition coefficient (Wildman–Crippen LogP) is 3.04. The number of para-hydroxylation sites is 1. The molecule has 0 radical (unpaired) electrons. The lowest BCUT2D eigenvalue weighted by Gasteiger charge is -2.26. The van der Waals surface area contributed by atoms with Gasteiger partial charge in [0.25, 0.3) is 5.91 Å². The highest BCUT2D eigenvalue weighted by Crippen LogP contribution is 2.46. The summed E-state index contributed by atoms with van der Waals surface area (Å²) in [5.41, 5.74) is 0.519. The summed E-state index contributed by atoms with van der Waals surface area (Å²) in [7, 11) is -0.229. The number of fused-ring (bicyclic) bond motifs is 1. The number of ether oxygens (including phenoxy) is 3. The first-order valence-electron chi connectivity index (χ1n) is 9.68. The van der Waals surface area contributed by atoms with Crippen molar-refractivity contribution in [1.29, 1.82) is 0 Å². The molecule has 2 aliphatic heterocycles. The number of carbonyl (C=O) groups excluding carboxylic acids is 1. The normalized spacial score (nSPS) is 22.6. The van der Waals surface area contributed by atoms with E-state index in [4.69, 9.17) is 25.8 Å². The van der Waals surface area contributed by atoms with Crippen molar-refractivity contribution in [1.82, 2.24) is 0 Å². The number of amidine groups is 1. The van der Waals surface area contributed by atoms with Gasteiger partial charge in [-0.25, -0.2) is 8.42 Å². The Hall–Kier alpha value is -2.43. The third-order valence-electron chi connectivity index (χ3n) is 5.11. The van der Waals surface area contributed by atoms with E-state index in [0.29, 0.717) is 33.1 Å². The third kappa shape index (κ3) is 4.67. The fraction of sp³-hybridized carbons (Fsp3) is 0.333. The zero-order chi connectivity index (χ0) is 22.9. The van der Waals surface area contributed by atoms with Crippen LogP contribution < -0.4 is 19.1 Å². The number of aliphatic imine (C=N–C) groups is 1. The van der Waals surface area contributed by atoms with Crippen LogP contribution in [0.15, 0.2) is 47.5 Å². The van der Waals surface area contributed by atoms with Crippen LogP contribution in [0.2, 0.25) is 5.02 Å². The number of anilines is 1. The largest absolute Gasteiger partial charge is 0.495 e. The van der Waals surface area contributed by atoms with Gasteiger partial charge in [-0.1, -0.05) is 41.6 Å². The van der Waals surface area contributed by atoms with Crippen LogP contribution in [0.5, 0.6) is 17.2 Å². The smallest absolute Gasteiger partial charge is 0.285 e. The molecule has 0 saturated carbocycles. The van der Waals surface area contributed by atoms with Crippen LogP contribution >= 0.6 is 23.4 Å². The molecule has 32 heavy (non-hydrogen) atoms. The van der Waals surface area contributed by atoms with E-state index in [1.807, 2.05) is 18.2 Å². The molecule has 2 atom stereocenters. The number of benzene rings is 2. The van der Waals surface area contributed by atoms with Gasteiger partial charge >= 0.3 is 0 Å². The third-order valence-corrected chi connectivity index (χ3v) is 8.61. The van der Waals surface area contributed by atoms with Crippen molar-refractivity contribution < 1.29 is 27.4 Å². The average molecular weight is 497 g/mol. The number of rotatable bonds is 6. The molecule has 11 heteroatoms. The Balaban J connectivity index is 1.67. The highest BCUT2D eigenvalue weighted by atomic mass is 35.5. The van der Waals surface area contributed by atoms with Crippen molar-refractivity contribution >= 4 is 50.0 Å². The van der Waals surface area contributed by atoms with Gasteiger partial charge in [-0.2, -0.15) is 4.99 Å². The maximum absolute atomic E-state index is 12.6. The van der Waals surface area contributed by atoms with Gasteiger partial charge in [0.1, 0.15) is 17.2 Å². The first-order valence-corrected chi connectivity index (χ1v) is 12.8. The second-order valence-electron chi connectivity index (χ2n) is 7.22. The first kappa shape index (κ1) is 22.8. The lowest BCUT2D eigenvalue weighted by molar-refractivity contribution is -0.119. The predicted molar refractivity (Wildman–Crippen MR) is 125 cm³/mol. The van der Waals surface area contributed by atoms with Crippen molar-refractivity contribution in [3.8, 4) is 17.2 Å². The molecule has 4 rings (SSSR count). The molecule has 2 aliphatic rings. The summed E-state index contributed by atoms with van der Waals surface area (Å²) in [5, 5.41) is 0.457. The number of nitrogens with zero attached hydrogens (tertiary/aromatic N) is 2.